The fourth-order valence-electron chi connectivity index (χ4n) is 1.04. The van der Waals surface area contributed by atoms with E-state index in [1.807, 2.05) is 6.08 Å². The predicted octanol–water partition coefficient (Wildman–Crippen LogP) is 3.95. The van der Waals surface area contributed by atoms with E-state index >= 15 is 0 Å². The maximum Gasteiger partial charge on any atom is 0.225 e. The molecule has 1 aromatic heterocycles. The van der Waals surface area contributed by atoms with Gasteiger partial charge in [-0.2, -0.15) is 0 Å². The molecule has 0 atom stereocenters. The van der Waals surface area contributed by atoms with Gasteiger partial charge in [0.1, 0.15) is 10.3 Å². The molecule has 0 aliphatic heterocycles. The fraction of sp³-hybridized carbons (Fsp3) is 0.333. The van der Waals surface area contributed by atoms with Gasteiger partial charge in [0.2, 0.25) is 5.28 Å². The van der Waals surface area contributed by atoms with Gasteiger partial charge in [0.05, 0.1) is 0 Å². The Labute approximate surface area is 97.9 Å². The molecule has 0 aliphatic rings. The van der Waals surface area contributed by atoms with Crippen LogP contribution in [-0.4, -0.2) is 9.97 Å². The van der Waals surface area contributed by atoms with Gasteiger partial charge in [-0.15, -0.1) is 6.58 Å². The maximum absolute atomic E-state index is 5.87. The lowest BCUT2D eigenvalue weighted by molar-refractivity contribution is 0.833. The Balaban J connectivity index is 2.80. The number of unbranched alkanes of at least 4 members (excludes halogenated alkanes) is 1. The first kappa shape index (κ1) is 11.8. The highest BCUT2D eigenvalue weighted by atomic mass is 35.5. The SMILES string of the molecule is C=CCCCc1c(Cl)nc(Cl)nc1Cl. The molecule has 0 saturated carbocycles. The summed E-state index contributed by atoms with van der Waals surface area (Å²) in [4.78, 5) is 7.65. The van der Waals surface area contributed by atoms with Crippen LogP contribution in [0.3, 0.4) is 0 Å². The van der Waals surface area contributed by atoms with E-state index in [4.69, 9.17) is 34.8 Å². The van der Waals surface area contributed by atoms with Gasteiger partial charge in [-0.3, -0.25) is 0 Å². The molecule has 76 valence electrons. The van der Waals surface area contributed by atoms with E-state index in [9.17, 15) is 0 Å². The van der Waals surface area contributed by atoms with Gasteiger partial charge < -0.3 is 0 Å². The fourth-order valence-corrected chi connectivity index (χ4v) is 1.87. The molecule has 0 amide bonds. The monoisotopic (exact) mass is 250 g/mol. The third-order valence-corrected chi connectivity index (χ3v) is 2.51. The smallest absolute Gasteiger partial charge is 0.206 e. The molecule has 2 nitrogen and oxygen atoms in total. The molecule has 0 radical (unpaired) electrons. The van der Waals surface area contributed by atoms with Crippen LogP contribution >= 0.6 is 34.8 Å². The Bertz CT molecular complexity index is 316. The molecule has 0 fully saturated rings. The van der Waals surface area contributed by atoms with Crippen LogP contribution in [0.5, 0.6) is 0 Å². The molecular weight excluding hydrogens is 242 g/mol. The number of aromatic nitrogens is 2. The lowest BCUT2D eigenvalue weighted by atomic mass is 10.1. The minimum atomic E-state index is 0.0764. The summed E-state index contributed by atoms with van der Waals surface area (Å²) in [6.07, 6.45) is 4.42. The summed E-state index contributed by atoms with van der Waals surface area (Å²) in [6, 6.07) is 0. The summed E-state index contributed by atoms with van der Waals surface area (Å²) in [5, 5.41) is 0.741. The molecule has 5 heteroatoms. The van der Waals surface area contributed by atoms with Crippen LogP contribution in [0, 0.1) is 0 Å². The average molecular weight is 252 g/mol. The van der Waals surface area contributed by atoms with Gasteiger partial charge in [0.15, 0.2) is 0 Å². The molecular formula is C9H9Cl3N2. The summed E-state index contributed by atoms with van der Waals surface area (Å²) >= 11 is 17.3. The minimum Gasteiger partial charge on any atom is -0.206 e. The molecule has 0 bridgehead atoms. The van der Waals surface area contributed by atoms with E-state index in [1.165, 1.54) is 0 Å². The zero-order valence-corrected chi connectivity index (χ0v) is 9.70. The molecule has 0 saturated heterocycles. The molecule has 0 spiro atoms. The summed E-state index contributed by atoms with van der Waals surface area (Å²) in [5.74, 6) is 0. The van der Waals surface area contributed by atoms with E-state index in [-0.39, 0.29) is 5.28 Å². The number of halogens is 3. The molecule has 1 aromatic rings. The zero-order chi connectivity index (χ0) is 10.6. The van der Waals surface area contributed by atoms with Crippen LogP contribution in [-0.2, 0) is 6.42 Å². The van der Waals surface area contributed by atoms with Crippen LogP contribution in [0.25, 0.3) is 0 Å². The Morgan fingerprint density at radius 3 is 2.21 bits per heavy atom. The number of rotatable bonds is 4. The lowest BCUT2D eigenvalue weighted by Gasteiger charge is -2.04. The van der Waals surface area contributed by atoms with Crippen molar-refractivity contribution >= 4 is 34.8 Å². The number of hydrogen-bond acceptors (Lipinski definition) is 2. The predicted molar refractivity (Wildman–Crippen MR) is 60.2 cm³/mol. The van der Waals surface area contributed by atoms with Crippen LogP contribution in [0.1, 0.15) is 18.4 Å². The van der Waals surface area contributed by atoms with Crippen molar-refractivity contribution in [2.24, 2.45) is 0 Å². The molecule has 14 heavy (non-hydrogen) atoms. The van der Waals surface area contributed by atoms with Gasteiger partial charge >= 0.3 is 0 Å². The third kappa shape index (κ3) is 3.12. The highest BCUT2D eigenvalue weighted by Gasteiger charge is 2.09. The van der Waals surface area contributed by atoms with Crippen LogP contribution in [0.2, 0.25) is 15.6 Å². The van der Waals surface area contributed by atoms with Gasteiger partial charge in [-0.05, 0) is 30.9 Å². The topological polar surface area (TPSA) is 25.8 Å². The zero-order valence-electron chi connectivity index (χ0n) is 7.43. The molecule has 0 aromatic carbocycles. The van der Waals surface area contributed by atoms with E-state index in [0.717, 1.165) is 24.8 Å². The number of nitrogens with zero attached hydrogens (tertiary/aromatic N) is 2. The second kappa shape index (κ2) is 5.54. The maximum atomic E-state index is 5.87. The van der Waals surface area contributed by atoms with Gasteiger partial charge in [0.25, 0.3) is 0 Å². The van der Waals surface area contributed by atoms with E-state index in [1.54, 1.807) is 0 Å². The Morgan fingerprint density at radius 2 is 1.71 bits per heavy atom. The van der Waals surface area contributed by atoms with Crippen molar-refractivity contribution in [1.82, 2.24) is 9.97 Å². The number of allylic oxidation sites excluding steroid dienone is 1. The highest BCUT2D eigenvalue weighted by molar-refractivity contribution is 6.36. The normalized spacial score (nSPS) is 10.2. The molecule has 0 N–H and O–H groups in total. The lowest BCUT2D eigenvalue weighted by Crippen LogP contribution is -1.95. The Hall–Kier alpha value is -0.310. The highest BCUT2D eigenvalue weighted by Crippen LogP contribution is 2.24. The Kier molecular flexibility index (Phi) is 4.66. The first-order valence-electron chi connectivity index (χ1n) is 4.13. The Morgan fingerprint density at radius 1 is 1.14 bits per heavy atom. The van der Waals surface area contributed by atoms with Gasteiger partial charge in [-0.25, -0.2) is 9.97 Å². The second-order valence-electron chi connectivity index (χ2n) is 2.73. The van der Waals surface area contributed by atoms with E-state index in [2.05, 4.69) is 16.5 Å². The quantitative estimate of drug-likeness (QED) is 0.350. The van der Waals surface area contributed by atoms with E-state index in [0.29, 0.717) is 10.3 Å². The van der Waals surface area contributed by atoms with E-state index < -0.39 is 0 Å². The van der Waals surface area contributed by atoms with Crippen molar-refractivity contribution in [2.75, 3.05) is 0 Å². The average Bonchev–Trinajstić information content (AvgIpc) is 2.09. The van der Waals surface area contributed by atoms with Gasteiger partial charge in [0, 0.05) is 5.56 Å². The summed E-state index contributed by atoms with van der Waals surface area (Å²) in [5.41, 5.74) is 0.750. The molecule has 1 heterocycles. The van der Waals surface area contributed by atoms with Crippen molar-refractivity contribution in [3.8, 4) is 0 Å². The van der Waals surface area contributed by atoms with Crippen LogP contribution in [0.4, 0.5) is 0 Å². The summed E-state index contributed by atoms with van der Waals surface area (Å²) in [6.45, 7) is 3.63. The van der Waals surface area contributed by atoms with Crippen LogP contribution in [0.15, 0.2) is 12.7 Å². The van der Waals surface area contributed by atoms with Crippen molar-refractivity contribution in [3.05, 3.63) is 33.8 Å². The summed E-state index contributed by atoms with van der Waals surface area (Å²) < 4.78 is 0. The van der Waals surface area contributed by atoms with Crippen molar-refractivity contribution in [3.63, 3.8) is 0 Å². The minimum absolute atomic E-state index is 0.0764. The first-order valence-corrected chi connectivity index (χ1v) is 5.27. The third-order valence-electron chi connectivity index (χ3n) is 1.71. The van der Waals surface area contributed by atoms with Crippen molar-refractivity contribution in [2.45, 2.75) is 19.3 Å². The standard InChI is InChI=1S/C9H9Cl3N2/c1-2-3-4-5-6-7(10)13-9(12)14-8(6)11/h2H,1,3-5H2. The number of hydrogen-bond donors (Lipinski definition) is 0. The largest absolute Gasteiger partial charge is 0.225 e. The molecule has 0 unspecified atom stereocenters. The first-order chi connectivity index (χ1) is 6.65. The second-order valence-corrected chi connectivity index (χ2v) is 3.79. The molecule has 1 rings (SSSR count). The van der Waals surface area contributed by atoms with Crippen molar-refractivity contribution < 1.29 is 0 Å². The van der Waals surface area contributed by atoms with Crippen molar-refractivity contribution in [1.29, 1.82) is 0 Å². The van der Waals surface area contributed by atoms with Gasteiger partial charge in [-0.1, -0.05) is 29.3 Å². The molecule has 0 aliphatic carbocycles. The van der Waals surface area contributed by atoms with Crippen LogP contribution < -0.4 is 0 Å². The summed E-state index contributed by atoms with van der Waals surface area (Å²) in [7, 11) is 0.